The maximum Gasteiger partial charge on any atom is 0.256 e. The van der Waals surface area contributed by atoms with Crippen LogP contribution in [0.15, 0.2) is 115 Å². The number of carbonyl (C=O) groups excluding carboxylic acids is 2. The van der Waals surface area contributed by atoms with Crippen molar-refractivity contribution >= 4 is 63.4 Å². The van der Waals surface area contributed by atoms with Crippen LogP contribution in [0.3, 0.4) is 0 Å². The van der Waals surface area contributed by atoms with Gasteiger partial charge in [0.05, 0.1) is 49.3 Å². The lowest BCUT2D eigenvalue weighted by Gasteiger charge is -2.34. The van der Waals surface area contributed by atoms with Crippen LogP contribution in [0.4, 0.5) is 17.6 Å². The van der Waals surface area contributed by atoms with Crippen molar-refractivity contribution in [1.82, 2.24) is 30.6 Å². The Morgan fingerprint density at radius 1 is 0.677 bits per heavy atom. The number of anilines is 3. The average Bonchev–Trinajstić information content (AvgIpc) is 3.58. The number of benzene rings is 4. The predicted molar refractivity (Wildman–Crippen MR) is 251 cm³/mol. The maximum absolute atomic E-state index is 13.1. The number of carbonyl (C=O) groups is 2. The topological polar surface area (TPSA) is 204 Å². The van der Waals surface area contributed by atoms with Crippen molar-refractivity contribution in [3.8, 4) is 0 Å². The zero-order valence-corrected chi connectivity index (χ0v) is 37.9. The van der Waals surface area contributed by atoms with Crippen molar-refractivity contribution in [3.05, 3.63) is 164 Å². The number of rotatable bonds is 16. The zero-order chi connectivity index (χ0) is 45.7. The van der Waals surface area contributed by atoms with Gasteiger partial charge in [-0.3, -0.25) is 13.8 Å². The molecule has 4 aromatic carbocycles. The Morgan fingerprint density at radius 2 is 1.15 bits per heavy atom. The molecule has 2 aromatic heterocycles. The van der Waals surface area contributed by atoms with Gasteiger partial charge >= 0.3 is 0 Å². The molecule has 2 saturated heterocycles. The van der Waals surface area contributed by atoms with E-state index < -0.39 is 10.8 Å². The van der Waals surface area contributed by atoms with Crippen molar-refractivity contribution in [1.29, 1.82) is 0 Å². The van der Waals surface area contributed by atoms with Gasteiger partial charge in [0.1, 0.15) is 22.8 Å². The Kier molecular flexibility index (Phi) is 16.4. The molecule has 6 N–H and O–H groups in total. The summed E-state index contributed by atoms with van der Waals surface area (Å²) in [6.07, 6.45) is 6.54. The van der Waals surface area contributed by atoms with Gasteiger partial charge in [-0.25, -0.2) is 15.0 Å². The minimum atomic E-state index is -1.39. The summed E-state index contributed by atoms with van der Waals surface area (Å²) in [5.41, 5.74) is 5.65. The van der Waals surface area contributed by atoms with Gasteiger partial charge in [0.2, 0.25) is 11.1 Å². The number of nitrogens with one attached hydrogen (secondary N) is 4. The summed E-state index contributed by atoms with van der Waals surface area (Å²) in [6.45, 7) is 2.58. The SMILES string of the molecule is CS(=O)c1ncc(C(=O)NCc2ccccc2)c(NCc2ccc(CO)c(Cl)c2)n1.O=C(NCc1ccccc1)c1cnc(N2C3CCC2COC3)nc1NCc1ccc(CO)c(Cl)c1. The van der Waals surface area contributed by atoms with Gasteiger partial charge in [0.25, 0.3) is 11.8 Å². The van der Waals surface area contributed by atoms with Gasteiger partial charge in [-0.15, -0.1) is 0 Å². The highest BCUT2D eigenvalue weighted by atomic mass is 35.5. The van der Waals surface area contributed by atoms with Crippen LogP contribution >= 0.6 is 23.2 Å². The summed E-state index contributed by atoms with van der Waals surface area (Å²) < 4.78 is 17.5. The fraction of sp³-hybridized carbons (Fsp3) is 0.277. The van der Waals surface area contributed by atoms with Crippen LogP contribution in [0, 0.1) is 0 Å². The number of hydrogen-bond donors (Lipinski definition) is 6. The summed E-state index contributed by atoms with van der Waals surface area (Å²) in [5, 5.41) is 31.9. The highest BCUT2D eigenvalue weighted by Crippen LogP contribution is 2.33. The zero-order valence-electron chi connectivity index (χ0n) is 35.5. The van der Waals surface area contributed by atoms with Crippen molar-refractivity contribution in [3.63, 3.8) is 0 Å². The number of nitrogens with zero attached hydrogens (tertiary/aromatic N) is 5. The first-order valence-electron chi connectivity index (χ1n) is 20.9. The molecule has 0 radical (unpaired) electrons. The van der Waals surface area contributed by atoms with Crippen LogP contribution in [0.1, 0.15) is 66.9 Å². The third-order valence-corrected chi connectivity index (χ3v) is 12.3. The van der Waals surface area contributed by atoms with E-state index in [1.807, 2.05) is 72.8 Å². The van der Waals surface area contributed by atoms with Gasteiger partial charge in [-0.1, -0.05) is 108 Å². The number of hydrogen-bond acceptors (Lipinski definition) is 13. The molecule has 2 aliphatic heterocycles. The smallest absolute Gasteiger partial charge is 0.256 e. The fourth-order valence-electron chi connectivity index (χ4n) is 7.33. The van der Waals surface area contributed by atoms with Gasteiger partial charge in [-0.2, -0.15) is 4.98 Å². The molecular weight excluding hydrogens is 890 g/mol. The minimum Gasteiger partial charge on any atom is -0.392 e. The quantitative estimate of drug-likeness (QED) is 0.0580. The number of aromatic nitrogens is 4. The molecule has 2 amide bonds. The first-order valence-corrected chi connectivity index (χ1v) is 23.2. The Labute approximate surface area is 389 Å². The van der Waals surface area contributed by atoms with Crippen molar-refractivity contribution in [2.45, 2.75) is 69.5 Å². The van der Waals surface area contributed by atoms with Crippen LogP contribution in [-0.2, 0) is 54.9 Å². The summed E-state index contributed by atoms with van der Waals surface area (Å²) >= 11 is 12.4. The van der Waals surface area contributed by atoms with Crippen molar-refractivity contribution in [2.75, 3.05) is 35.0 Å². The molecule has 0 saturated carbocycles. The molecule has 2 aliphatic rings. The maximum atomic E-state index is 13.1. The Balaban J connectivity index is 0.000000197. The Bertz CT molecular complexity index is 2600. The van der Waals surface area contributed by atoms with E-state index in [1.54, 1.807) is 30.5 Å². The van der Waals surface area contributed by atoms with Crippen LogP contribution in [0.2, 0.25) is 10.0 Å². The summed E-state index contributed by atoms with van der Waals surface area (Å²) in [7, 11) is -1.39. The van der Waals surface area contributed by atoms with Gasteiger partial charge < -0.3 is 41.1 Å². The van der Waals surface area contributed by atoms with Gasteiger partial charge in [0, 0.05) is 54.9 Å². The standard InChI is InChI=1S/C26H28ClN5O3.C21H21ClN4O3S/c27-23-10-18(6-7-19(23)14-33)12-28-24-22(25(34)29-11-17-4-2-1-3-5-17)13-30-26(31-24)32-20-8-9-21(32)16-35-15-20;1-30(29)21-25-12-17(20(28)24-10-14-5-3-2-4-6-14)19(26-21)23-11-15-7-8-16(13-27)18(22)9-15/h1-7,10,13,20-21,33H,8-9,11-12,14-16H2,(H,29,34)(H,28,30,31);2-9,12,27H,10-11,13H2,1H3,(H,24,28)(H,23,25,26). The monoisotopic (exact) mass is 937 g/mol. The number of aliphatic hydroxyl groups excluding tert-OH is 2. The van der Waals surface area contributed by atoms with E-state index in [0.29, 0.717) is 77.9 Å². The second kappa shape index (κ2) is 22.7. The average molecular weight is 939 g/mol. The Hall–Kier alpha value is -6.01. The number of halogens is 2. The molecule has 8 rings (SSSR count). The second-order valence-electron chi connectivity index (χ2n) is 15.3. The number of amides is 2. The van der Waals surface area contributed by atoms with E-state index in [-0.39, 0.29) is 53.6 Å². The second-order valence-corrected chi connectivity index (χ2v) is 17.4. The molecular formula is C47H49Cl2N9O6S. The molecule has 65 heavy (non-hydrogen) atoms. The number of aliphatic hydroxyl groups is 2. The lowest BCUT2D eigenvalue weighted by Crippen LogP contribution is -2.46. The molecule has 18 heteroatoms. The molecule has 338 valence electrons. The highest BCUT2D eigenvalue weighted by molar-refractivity contribution is 7.84. The molecule has 4 heterocycles. The van der Waals surface area contributed by atoms with Crippen LogP contribution < -0.4 is 26.2 Å². The molecule has 2 fully saturated rings. The van der Waals surface area contributed by atoms with E-state index in [0.717, 1.165) is 35.1 Å². The summed E-state index contributed by atoms with van der Waals surface area (Å²) in [6, 6.07) is 30.6. The van der Waals surface area contributed by atoms with Gasteiger partial charge in [0.15, 0.2) is 0 Å². The molecule has 3 atom stereocenters. The number of fused-ring (bicyclic) bond motifs is 2. The molecule has 2 bridgehead atoms. The van der Waals surface area contributed by atoms with Crippen LogP contribution in [0.25, 0.3) is 0 Å². The highest BCUT2D eigenvalue weighted by Gasteiger charge is 2.39. The number of ether oxygens (including phenoxy) is 1. The molecule has 6 aromatic rings. The van der Waals surface area contributed by atoms with E-state index >= 15 is 0 Å². The molecule has 0 spiro atoms. The third kappa shape index (κ3) is 12.4. The largest absolute Gasteiger partial charge is 0.392 e. The minimum absolute atomic E-state index is 0.116. The normalized spacial score (nSPS) is 15.6. The number of morpholine rings is 1. The summed E-state index contributed by atoms with van der Waals surface area (Å²) in [4.78, 5) is 45.7. The Morgan fingerprint density at radius 3 is 1.62 bits per heavy atom. The molecule has 15 nitrogen and oxygen atoms in total. The fourth-order valence-corrected chi connectivity index (χ4v) is 8.28. The lowest BCUT2D eigenvalue weighted by atomic mass is 10.1. The van der Waals surface area contributed by atoms with Crippen LogP contribution in [-0.4, -0.2) is 77.7 Å². The first kappa shape index (κ1) is 47.0. The van der Waals surface area contributed by atoms with E-state index in [4.69, 9.17) is 32.9 Å². The van der Waals surface area contributed by atoms with Gasteiger partial charge in [-0.05, 0) is 58.4 Å². The summed E-state index contributed by atoms with van der Waals surface area (Å²) in [5.74, 6) is 0.762. The predicted octanol–water partition coefficient (Wildman–Crippen LogP) is 6.43. The first-order chi connectivity index (χ1) is 31.6. The lowest BCUT2D eigenvalue weighted by molar-refractivity contribution is 0.0896. The molecule has 0 aliphatic carbocycles. The van der Waals surface area contributed by atoms with E-state index in [2.05, 4.69) is 41.1 Å². The third-order valence-electron chi connectivity index (χ3n) is 10.8. The van der Waals surface area contributed by atoms with E-state index in [9.17, 15) is 24.0 Å². The van der Waals surface area contributed by atoms with Crippen molar-refractivity contribution in [2.24, 2.45) is 0 Å². The molecule has 3 unspecified atom stereocenters. The van der Waals surface area contributed by atoms with Crippen molar-refractivity contribution < 1.29 is 28.7 Å². The van der Waals surface area contributed by atoms with Crippen LogP contribution in [0.5, 0.6) is 0 Å². The van der Waals surface area contributed by atoms with E-state index in [1.165, 1.54) is 12.5 Å².